The van der Waals surface area contributed by atoms with Crippen molar-refractivity contribution in [3.8, 4) is 0 Å². The molecule has 28 heavy (non-hydrogen) atoms. The van der Waals surface area contributed by atoms with Crippen LogP contribution in [0.3, 0.4) is 0 Å². The molecule has 1 aliphatic carbocycles. The Morgan fingerprint density at radius 3 is 2.32 bits per heavy atom. The van der Waals surface area contributed by atoms with Gasteiger partial charge in [0.1, 0.15) is 0 Å². The third-order valence-corrected chi connectivity index (χ3v) is 4.99. The van der Waals surface area contributed by atoms with Crippen LogP contribution < -0.4 is 0 Å². The van der Waals surface area contributed by atoms with Gasteiger partial charge in [-0.3, -0.25) is 4.79 Å². The molecule has 140 valence electrons. The summed E-state index contributed by atoms with van der Waals surface area (Å²) in [5.74, 6) is -2.81. The molecule has 3 aromatic carbocycles. The van der Waals surface area contributed by atoms with E-state index >= 15 is 0 Å². The third kappa shape index (κ3) is 2.72. The minimum Gasteiger partial charge on any atom is -0.418 e. The summed E-state index contributed by atoms with van der Waals surface area (Å²) >= 11 is 0. The van der Waals surface area contributed by atoms with Gasteiger partial charge in [-0.2, -0.15) is 4.89 Å². The Hall–Kier alpha value is -3.28. The summed E-state index contributed by atoms with van der Waals surface area (Å²) in [7, 11) is 0. The van der Waals surface area contributed by atoms with Crippen molar-refractivity contribution >= 4 is 11.8 Å². The Kier molecular flexibility index (Phi) is 4.55. The van der Waals surface area contributed by atoms with Crippen molar-refractivity contribution in [3.05, 3.63) is 106 Å². The maximum Gasteiger partial charge on any atom is 0.341 e. The topological polar surface area (TPSA) is 72.8 Å². The maximum absolute atomic E-state index is 13.1. The monoisotopic (exact) mass is 374 g/mol. The van der Waals surface area contributed by atoms with E-state index in [-0.39, 0.29) is 11.3 Å². The van der Waals surface area contributed by atoms with Crippen molar-refractivity contribution in [2.45, 2.75) is 19.1 Å². The highest BCUT2D eigenvalue weighted by molar-refractivity contribution is 6.13. The first-order valence-electron chi connectivity index (χ1n) is 8.99. The van der Waals surface area contributed by atoms with Crippen LogP contribution in [0, 0.1) is 0 Å². The van der Waals surface area contributed by atoms with Crippen LogP contribution in [0.4, 0.5) is 0 Å². The van der Waals surface area contributed by atoms with Gasteiger partial charge in [-0.25, -0.2) is 10.1 Å². The molecule has 0 fully saturated rings. The lowest BCUT2D eigenvalue weighted by atomic mass is 9.79. The van der Waals surface area contributed by atoms with Crippen LogP contribution in [0.15, 0.2) is 72.8 Å². The van der Waals surface area contributed by atoms with E-state index in [4.69, 9.17) is 9.62 Å². The van der Waals surface area contributed by atoms with E-state index in [2.05, 4.69) is 0 Å². The average molecular weight is 374 g/mol. The first-order chi connectivity index (χ1) is 13.6. The van der Waals surface area contributed by atoms with Crippen molar-refractivity contribution in [1.82, 2.24) is 0 Å². The number of carbonyl (C=O) groups excluding carboxylic acids is 2. The molecular formula is C23H18O5. The van der Waals surface area contributed by atoms with Gasteiger partial charge in [0.15, 0.2) is 5.78 Å². The Balaban J connectivity index is 1.92. The molecule has 0 bridgehead atoms. The third-order valence-electron chi connectivity index (χ3n) is 4.99. The lowest BCUT2D eigenvalue weighted by Gasteiger charge is -2.36. The molecule has 0 saturated heterocycles. The Morgan fingerprint density at radius 2 is 1.61 bits per heavy atom. The van der Waals surface area contributed by atoms with Crippen LogP contribution in [0.2, 0.25) is 0 Å². The van der Waals surface area contributed by atoms with Crippen LogP contribution in [0.1, 0.15) is 49.9 Å². The number of hydrogen-bond acceptors (Lipinski definition) is 5. The van der Waals surface area contributed by atoms with E-state index < -0.39 is 11.8 Å². The predicted octanol–water partition coefficient (Wildman–Crippen LogP) is 4.34. The lowest BCUT2D eigenvalue weighted by Crippen LogP contribution is -2.41. The van der Waals surface area contributed by atoms with Gasteiger partial charge in [-0.15, -0.1) is 0 Å². The van der Waals surface area contributed by atoms with Crippen LogP contribution >= 0.6 is 0 Å². The Bertz CT molecular complexity index is 1060. The zero-order valence-electron chi connectivity index (χ0n) is 15.2. The van der Waals surface area contributed by atoms with E-state index in [0.29, 0.717) is 22.3 Å². The molecule has 1 unspecified atom stereocenters. The van der Waals surface area contributed by atoms with Crippen molar-refractivity contribution < 1.29 is 24.5 Å². The van der Waals surface area contributed by atoms with Crippen LogP contribution in [-0.4, -0.2) is 17.0 Å². The van der Waals surface area contributed by atoms with Gasteiger partial charge >= 0.3 is 5.97 Å². The van der Waals surface area contributed by atoms with E-state index in [1.807, 2.05) is 13.0 Å². The van der Waals surface area contributed by atoms with Crippen molar-refractivity contribution in [2.24, 2.45) is 0 Å². The minimum absolute atomic E-state index is 0.204. The molecule has 3 aromatic rings. The molecule has 0 radical (unpaired) electrons. The number of aryl methyl sites for hydroxylation is 1. The quantitative estimate of drug-likeness (QED) is 0.318. The SMILES string of the molecule is CCc1ccc2c(c1)C(=O)c1ccccc1C2(OO)OC(=O)c1ccccc1. The zero-order valence-corrected chi connectivity index (χ0v) is 15.2. The van der Waals surface area contributed by atoms with Crippen molar-refractivity contribution in [1.29, 1.82) is 0 Å². The highest BCUT2D eigenvalue weighted by atomic mass is 17.1. The Morgan fingerprint density at radius 1 is 0.929 bits per heavy atom. The summed E-state index contributed by atoms with van der Waals surface area (Å²) in [4.78, 5) is 30.7. The molecule has 0 heterocycles. The van der Waals surface area contributed by atoms with Crippen LogP contribution in [0.5, 0.6) is 0 Å². The summed E-state index contributed by atoms with van der Waals surface area (Å²) in [6.07, 6.45) is 0.735. The fourth-order valence-electron chi connectivity index (χ4n) is 3.54. The first kappa shape index (κ1) is 18.1. The highest BCUT2D eigenvalue weighted by Gasteiger charge is 2.49. The van der Waals surface area contributed by atoms with E-state index in [0.717, 1.165) is 12.0 Å². The average Bonchev–Trinajstić information content (AvgIpc) is 2.76. The molecular weight excluding hydrogens is 356 g/mol. The number of fused-ring (bicyclic) bond motifs is 2. The number of ketones is 1. The molecule has 0 amide bonds. The maximum atomic E-state index is 13.1. The summed E-state index contributed by atoms with van der Waals surface area (Å²) in [6.45, 7) is 1.98. The molecule has 5 heteroatoms. The van der Waals surface area contributed by atoms with Gasteiger partial charge in [0.05, 0.1) is 5.56 Å². The standard InChI is InChI=1S/C23H18O5/c1-2-15-12-13-20-18(14-15)21(24)17-10-6-7-11-19(17)23(20,28-26)27-22(25)16-8-4-3-5-9-16/h3-14,26H,2H2,1H3. The van der Waals surface area contributed by atoms with Crippen molar-refractivity contribution in [2.75, 3.05) is 0 Å². The predicted molar refractivity (Wildman–Crippen MR) is 102 cm³/mol. The molecule has 0 spiro atoms. The minimum atomic E-state index is -1.93. The lowest BCUT2D eigenvalue weighted by molar-refractivity contribution is -0.380. The molecule has 0 aromatic heterocycles. The molecule has 0 saturated carbocycles. The second-order valence-electron chi connectivity index (χ2n) is 6.57. The molecule has 5 nitrogen and oxygen atoms in total. The highest BCUT2D eigenvalue weighted by Crippen LogP contribution is 2.44. The summed E-state index contributed by atoms with van der Waals surface area (Å²) in [6, 6.07) is 20.3. The molecule has 1 atom stereocenters. The van der Waals surface area contributed by atoms with Crippen LogP contribution in [-0.2, 0) is 21.8 Å². The van der Waals surface area contributed by atoms with E-state index in [9.17, 15) is 14.8 Å². The number of benzene rings is 3. The number of rotatable bonds is 4. The smallest absolute Gasteiger partial charge is 0.341 e. The summed E-state index contributed by atoms with van der Waals surface area (Å²) < 4.78 is 5.73. The van der Waals surface area contributed by atoms with Gasteiger partial charge in [-0.1, -0.05) is 61.5 Å². The largest absolute Gasteiger partial charge is 0.418 e. The van der Waals surface area contributed by atoms with E-state index in [1.54, 1.807) is 66.7 Å². The second-order valence-corrected chi connectivity index (χ2v) is 6.57. The van der Waals surface area contributed by atoms with Gasteiger partial charge in [0.25, 0.3) is 5.79 Å². The van der Waals surface area contributed by atoms with Gasteiger partial charge < -0.3 is 4.74 Å². The van der Waals surface area contributed by atoms with E-state index in [1.165, 1.54) is 0 Å². The molecule has 1 aliphatic rings. The number of carbonyl (C=O) groups is 2. The Labute approximate surface area is 162 Å². The fraction of sp³-hybridized carbons (Fsp3) is 0.130. The van der Waals surface area contributed by atoms with Gasteiger partial charge in [0.2, 0.25) is 0 Å². The number of hydrogen-bond donors (Lipinski definition) is 1. The van der Waals surface area contributed by atoms with Gasteiger partial charge in [0, 0.05) is 22.3 Å². The van der Waals surface area contributed by atoms with Crippen LogP contribution in [0.25, 0.3) is 0 Å². The molecule has 4 rings (SSSR count). The first-order valence-corrected chi connectivity index (χ1v) is 8.99. The normalized spacial score (nSPS) is 17.6. The second kappa shape index (κ2) is 7.03. The number of esters is 1. The van der Waals surface area contributed by atoms with Gasteiger partial charge in [-0.05, 0) is 30.2 Å². The summed E-state index contributed by atoms with van der Waals surface area (Å²) in [5, 5.41) is 9.96. The summed E-state index contributed by atoms with van der Waals surface area (Å²) in [5.41, 5.74) is 2.49. The number of ether oxygens (including phenoxy) is 1. The zero-order chi connectivity index (χ0) is 19.7. The van der Waals surface area contributed by atoms with Crippen molar-refractivity contribution in [3.63, 3.8) is 0 Å². The molecule has 1 N–H and O–H groups in total. The molecule has 0 aliphatic heterocycles. The fourth-order valence-corrected chi connectivity index (χ4v) is 3.54.